The monoisotopic (exact) mass is 390 g/mol. The van der Waals surface area contributed by atoms with E-state index in [0.717, 1.165) is 24.3 Å². The summed E-state index contributed by atoms with van der Waals surface area (Å²) < 4.78 is 38.2. The van der Waals surface area contributed by atoms with Crippen molar-refractivity contribution in [2.45, 2.75) is 24.3 Å². The van der Waals surface area contributed by atoms with Crippen LogP contribution in [0, 0.1) is 0 Å². The Labute approximate surface area is 161 Å². The number of anilines is 1. The summed E-state index contributed by atoms with van der Waals surface area (Å²) in [6.07, 6.45) is 2.34. The van der Waals surface area contributed by atoms with Crippen LogP contribution in [0.5, 0.6) is 11.5 Å². The van der Waals surface area contributed by atoms with Gasteiger partial charge in [-0.3, -0.25) is 0 Å². The summed E-state index contributed by atoms with van der Waals surface area (Å²) in [6.45, 7) is 2.31. The molecular weight excluding hydrogens is 364 g/mol. The Morgan fingerprint density at radius 2 is 1.74 bits per heavy atom. The molecule has 146 valence electrons. The van der Waals surface area contributed by atoms with Crippen LogP contribution in [0.3, 0.4) is 0 Å². The molecule has 0 spiro atoms. The third-order valence-electron chi connectivity index (χ3n) is 4.89. The van der Waals surface area contributed by atoms with E-state index in [1.807, 2.05) is 18.2 Å². The standard InChI is InChI=1S/C20H26N2O4S/c1-21(15-16-8-4-5-9-18(16)22-12-6-7-13-22)27(23,24)20-14-17(25-2)10-11-19(20)26-3/h4-5,8-11,14H,6-7,12-13,15H2,1-3H3. The zero-order chi connectivity index (χ0) is 19.4. The Morgan fingerprint density at radius 3 is 2.41 bits per heavy atom. The Bertz CT molecular complexity index is 893. The van der Waals surface area contributed by atoms with Crippen molar-refractivity contribution in [3.8, 4) is 11.5 Å². The third kappa shape index (κ3) is 4.04. The smallest absolute Gasteiger partial charge is 0.246 e. The highest BCUT2D eigenvalue weighted by Gasteiger charge is 2.27. The van der Waals surface area contributed by atoms with Crippen LogP contribution in [0.1, 0.15) is 18.4 Å². The van der Waals surface area contributed by atoms with Gasteiger partial charge < -0.3 is 14.4 Å². The van der Waals surface area contributed by atoms with E-state index in [0.29, 0.717) is 11.5 Å². The van der Waals surface area contributed by atoms with Crippen LogP contribution in [0.4, 0.5) is 5.69 Å². The Hall–Kier alpha value is -2.25. The molecule has 0 bridgehead atoms. The number of nitrogens with zero attached hydrogens (tertiary/aromatic N) is 2. The maximum absolute atomic E-state index is 13.2. The molecule has 0 N–H and O–H groups in total. The van der Waals surface area contributed by atoms with Gasteiger partial charge in [0.2, 0.25) is 10.0 Å². The largest absolute Gasteiger partial charge is 0.497 e. The van der Waals surface area contributed by atoms with E-state index in [4.69, 9.17) is 9.47 Å². The van der Waals surface area contributed by atoms with E-state index in [1.54, 1.807) is 19.2 Å². The van der Waals surface area contributed by atoms with Crippen molar-refractivity contribution in [1.82, 2.24) is 4.31 Å². The van der Waals surface area contributed by atoms with Gasteiger partial charge in [0.05, 0.1) is 14.2 Å². The SMILES string of the molecule is COc1ccc(OC)c(S(=O)(=O)N(C)Cc2ccccc2N2CCCC2)c1. The molecule has 6 nitrogen and oxygen atoms in total. The van der Waals surface area contributed by atoms with E-state index in [-0.39, 0.29) is 11.4 Å². The normalized spacial score (nSPS) is 14.6. The van der Waals surface area contributed by atoms with Crippen molar-refractivity contribution in [2.24, 2.45) is 0 Å². The summed E-state index contributed by atoms with van der Waals surface area (Å²) >= 11 is 0. The van der Waals surface area contributed by atoms with Crippen LogP contribution in [0.25, 0.3) is 0 Å². The summed E-state index contributed by atoms with van der Waals surface area (Å²) in [5.74, 6) is 0.774. The van der Waals surface area contributed by atoms with Crippen LogP contribution in [-0.2, 0) is 16.6 Å². The number of para-hydroxylation sites is 1. The van der Waals surface area contributed by atoms with Crippen molar-refractivity contribution in [3.05, 3.63) is 48.0 Å². The highest BCUT2D eigenvalue weighted by atomic mass is 32.2. The van der Waals surface area contributed by atoms with Crippen LogP contribution < -0.4 is 14.4 Å². The molecule has 1 aliphatic rings. The zero-order valence-corrected chi connectivity index (χ0v) is 16.8. The van der Waals surface area contributed by atoms with E-state index in [1.165, 1.54) is 37.4 Å². The lowest BCUT2D eigenvalue weighted by molar-refractivity contribution is 0.388. The lowest BCUT2D eigenvalue weighted by atomic mass is 10.1. The number of rotatable bonds is 7. The number of ether oxygens (including phenoxy) is 2. The van der Waals surface area contributed by atoms with Gasteiger partial charge in [0.15, 0.2) is 0 Å². The van der Waals surface area contributed by atoms with Gasteiger partial charge in [-0.05, 0) is 36.6 Å². The van der Waals surface area contributed by atoms with Crippen molar-refractivity contribution < 1.29 is 17.9 Å². The molecule has 0 saturated carbocycles. The fourth-order valence-corrected chi connectivity index (χ4v) is 4.70. The van der Waals surface area contributed by atoms with Gasteiger partial charge >= 0.3 is 0 Å². The lowest BCUT2D eigenvalue weighted by Gasteiger charge is -2.24. The molecule has 7 heteroatoms. The summed E-state index contributed by atoms with van der Waals surface area (Å²) in [4.78, 5) is 2.42. The second-order valence-corrected chi connectivity index (χ2v) is 8.61. The van der Waals surface area contributed by atoms with Gasteiger partial charge in [0.1, 0.15) is 16.4 Å². The molecule has 0 aromatic heterocycles. The zero-order valence-electron chi connectivity index (χ0n) is 16.0. The second-order valence-electron chi connectivity index (χ2n) is 6.60. The lowest BCUT2D eigenvalue weighted by Crippen LogP contribution is -2.28. The van der Waals surface area contributed by atoms with Crippen LogP contribution in [0.15, 0.2) is 47.4 Å². The van der Waals surface area contributed by atoms with E-state index < -0.39 is 10.0 Å². The van der Waals surface area contributed by atoms with Gasteiger partial charge in [-0.2, -0.15) is 4.31 Å². The van der Waals surface area contributed by atoms with E-state index in [2.05, 4.69) is 11.0 Å². The Kier molecular flexibility index (Phi) is 5.92. The Balaban J connectivity index is 1.91. The number of methoxy groups -OCH3 is 2. The first-order chi connectivity index (χ1) is 13.0. The first kappa shape index (κ1) is 19.5. The van der Waals surface area contributed by atoms with Gasteiger partial charge in [-0.15, -0.1) is 0 Å². The van der Waals surface area contributed by atoms with Crippen LogP contribution >= 0.6 is 0 Å². The molecule has 0 atom stereocenters. The summed E-state index contributed by atoms with van der Waals surface area (Å²) in [5, 5.41) is 0. The molecule has 0 unspecified atom stereocenters. The summed E-state index contributed by atoms with van der Waals surface area (Å²) in [5.41, 5.74) is 2.10. The summed E-state index contributed by atoms with van der Waals surface area (Å²) in [7, 11) is 0.819. The molecule has 2 aromatic carbocycles. The second kappa shape index (κ2) is 8.19. The fraction of sp³-hybridized carbons (Fsp3) is 0.400. The molecule has 1 aliphatic heterocycles. The number of hydrogen-bond acceptors (Lipinski definition) is 5. The molecule has 2 aromatic rings. The first-order valence-corrected chi connectivity index (χ1v) is 10.4. The topological polar surface area (TPSA) is 59.1 Å². The van der Waals surface area contributed by atoms with Gasteiger partial charge in [0, 0.05) is 38.4 Å². The minimum Gasteiger partial charge on any atom is -0.497 e. The van der Waals surface area contributed by atoms with Crippen LogP contribution in [0.2, 0.25) is 0 Å². The average Bonchev–Trinajstić information content (AvgIpc) is 3.22. The predicted molar refractivity (Wildman–Crippen MR) is 106 cm³/mol. The molecule has 1 heterocycles. The van der Waals surface area contributed by atoms with E-state index in [9.17, 15) is 8.42 Å². The molecule has 27 heavy (non-hydrogen) atoms. The number of sulfonamides is 1. The third-order valence-corrected chi connectivity index (χ3v) is 6.71. The number of hydrogen-bond donors (Lipinski definition) is 0. The van der Waals surface area contributed by atoms with Gasteiger partial charge in [0.25, 0.3) is 0 Å². The first-order valence-electron chi connectivity index (χ1n) is 8.98. The van der Waals surface area contributed by atoms with Crippen molar-refractivity contribution in [3.63, 3.8) is 0 Å². The molecular formula is C20H26N2O4S. The van der Waals surface area contributed by atoms with Gasteiger partial charge in [-0.1, -0.05) is 18.2 Å². The fourth-order valence-electron chi connectivity index (χ4n) is 3.39. The van der Waals surface area contributed by atoms with Gasteiger partial charge in [-0.25, -0.2) is 8.42 Å². The highest BCUT2D eigenvalue weighted by Crippen LogP contribution is 2.32. The maximum atomic E-state index is 13.2. The molecule has 0 radical (unpaired) electrons. The minimum absolute atomic E-state index is 0.102. The van der Waals surface area contributed by atoms with Crippen molar-refractivity contribution in [1.29, 1.82) is 0 Å². The average molecular weight is 391 g/mol. The van der Waals surface area contributed by atoms with Crippen molar-refractivity contribution >= 4 is 15.7 Å². The predicted octanol–water partition coefficient (Wildman–Crippen LogP) is 3.12. The molecule has 1 saturated heterocycles. The van der Waals surface area contributed by atoms with Crippen LogP contribution in [-0.4, -0.2) is 47.1 Å². The Morgan fingerprint density at radius 1 is 1.04 bits per heavy atom. The van der Waals surface area contributed by atoms with Crippen molar-refractivity contribution in [2.75, 3.05) is 39.3 Å². The molecule has 0 amide bonds. The minimum atomic E-state index is -3.74. The molecule has 1 fully saturated rings. The maximum Gasteiger partial charge on any atom is 0.246 e. The quantitative estimate of drug-likeness (QED) is 0.727. The van der Waals surface area contributed by atoms with E-state index >= 15 is 0 Å². The summed E-state index contributed by atoms with van der Waals surface area (Å²) in [6, 6.07) is 12.8. The molecule has 3 rings (SSSR count). The highest BCUT2D eigenvalue weighted by molar-refractivity contribution is 7.89. The molecule has 0 aliphatic carbocycles. The number of benzene rings is 2.